The van der Waals surface area contributed by atoms with Crippen LogP contribution < -0.4 is 9.47 Å². The highest BCUT2D eigenvalue weighted by atomic mass is 35.5. The largest absolute Gasteiger partial charge is 0.504 e. The topological polar surface area (TPSA) is 131 Å². The highest BCUT2D eigenvalue weighted by molar-refractivity contribution is 5.98. The van der Waals surface area contributed by atoms with E-state index in [1.165, 1.54) is 0 Å². The second-order valence-corrected chi connectivity index (χ2v) is 15.4. The van der Waals surface area contributed by atoms with Gasteiger partial charge in [-0.05, 0) is 74.6 Å². The highest BCUT2D eigenvalue weighted by Gasteiger charge is 2.74. The van der Waals surface area contributed by atoms with E-state index in [9.17, 15) is 20.4 Å². The van der Waals surface area contributed by atoms with E-state index in [4.69, 9.17) is 19.7 Å². The van der Waals surface area contributed by atoms with Crippen molar-refractivity contribution in [1.29, 1.82) is 0 Å². The molecule has 2 spiro atoms. The summed E-state index contributed by atoms with van der Waals surface area (Å²) >= 11 is 0. The highest BCUT2D eigenvalue weighted by Crippen LogP contribution is 2.66. The van der Waals surface area contributed by atoms with Crippen LogP contribution in [0.15, 0.2) is 59.8 Å². The number of benzene rings is 2. The predicted molar refractivity (Wildman–Crippen MR) is 187 cm³/mol. The Morgan fingerprint density at radius 1 is 0.714 bits per heavy atom. The van der Waals surface area contributed by atoms with Crippen LogP contribution in [0.1, 0.15) is 60.8 Å². The standard InChI is InChI=1S/C38H42N4O6.ClH/c1-3-15-41-17-13-35-29-21-5-7-25(43)31(29)47-33(35)23(9-11-37(35,45)27(41)19-21)39-40-24-10-12-38(46)28-20-22-6-8-26(44)32-30(22)36(38,34(24)48-32)14-18-42(28)16-4-2;/h3-8,27-28,33-34,43-46H,1-2,9-20H2;1H/b39-23+,40-24+;/t27-,28-,33+,34+,35+,36+,37-,38-;/m1./s1. The second kappa shape index (κ2) is 10.3. The van der Waals surface area contributed by atoms with E-state index in [0.29, 0.717) is 76.0 Å². The number of phenols is 2. The zero-order chi connectivity index (χ0) is 32.8. The molecule has 2 saturated carbocycles. The summed E-state index contributed by atoms with van der Waals surface area (Å²) in [6.07, 6.45) is 7.42. The maximum atomic E-state index is 12.7. The molecule has 0 amide bonds. The van der Waals surface area contributed by atoms with E-state index in [2.05, 4.69) is 23.0 Å². The van der Waals surface area contributed by atoms with Crippen LogP contribution in [0.5, 0.6) is 23.0 Å². The van der Waals surface area contributed by atoms with Gasteiger partial charge in [0.2, 0.25) is 0 Å². The Balaban J connectivity index is 0.00000325. The van der Waals surface area contributed by atoms with Gasteiger partial charge in [0.15, 0.2) is 35.2 Å². The molecule has 10 rings (SSSR count). The number of rotatable bonds is 5. The van der Waals surface area contributed by atoms with E-state index in [0.717, 1.165) is 46.8 Å². The number of aromatic hydroxyl groups is 2. The number of halogens is 1. The molecule has 4 N–H and O–H groups in total. The number of likely N-dealkylation sites (tertiary alicyclic amines) is 2. The van der Waals surface area contributed by atoms with Gasteiger partial charge in [0.25, 0.3) is 0 Å². The first-order valence-electron chi connectivity index (χ1n) is 17.5. The molecular weight excluding hydrogens is 644 g/mol. The molecule has 258 valence electrons. The number of phenolic OH excluding ortho intramolecular Hbond substituents is 2. The molecule has 8 atom stereocenters. The predicted octanol–water partition coefficient (Wildman–Crippen LogP) is 3.70. The van der Waals surface area contributed by atoms with E-state index in [1.807, 2.05) is 24.3 Å². The van der Waals surface area contributed by atoms with Gasteiger partial charge in [-0.15, -0.1) is 25.6 Å². The molecule has 4 heterocycles. The Morgan fingerprint density at radius 3 is 1.55 bits per heavy atom. The van der Waals surface area contributed by atoms with Crippen molar-refractivity contribution in [3.05, 3.63) is 71.8 Å². The summed E-state index contributed by atoms with van der Waals surface area (Å²) in [5.41, 5.74) is 1.99. The number of aliphatic hydroxyl groups is 2. The number of piperidine rings is 2. The van der Waals surface area contributed by atoms with Gasteiger partial charge in [0, 0.05) is 49.4 Å². The summed E-state index contributed by atoms with van der Waals surface area (Å²) in [7, 11) is 0. The maximum absolute atomic E-state index is 12.7. The molecule has 2 aromatic carbocycles. The van der Waals surface area contributed by atoms with Gasteiger partial charge in [0.05, 0.1) is 33.5 Å². The average Bonchev–Trinajstić information content (AvgIpc) is 3.61. The fourth-order valence-electron chi connectivity index (χ4n) is 12.0. The third-order valence-corrected chi connectivity index (χ3v) is 13.8. The van der Waals surface area contributed by atoms with Crippen LogP contribution in [-0.2, 0) is 23.7 Å². The molecule has 0 unspecified atom stereocenters. The first-order valence-corrected chi connectivity index (χ1v) is 17.5. The molecule has 49 heavy (non-hydrogen) atoms. The van der Waals surface area contributed by atoms with Crippen molar-refractivity contribution in [2.45, 2.75) is 97.7 Å². The van der Waals surface area contributed by atoms with E-state index in [1.54, 1.807) is 12.1 Å². The molecule has 4 fully saturated rings. The van der Waals surface area contributed by atoms with Crippen molar-refractivity contribution >= 4 is 23.8 Å². The number of ether oxygens (including phenoxy) is 2. The Morgan fingerprint density at radius 2 is 1.14 bits per heavy atom. The van der Waals surface area contributed by atoms with Crippen LogP contribution in [0.4, 0.5) is 0 Å². The summed E-state index contributed by atoms with van der Waals surface area (Å²) in [5, 5.41) is 57.4. The monoisotopic (exact) mass is 686 g/mol. The van der Waals surface area contributed by atoms with Crippen molar-refractivity contribution in [1.82, 2.24) is 9.80 Å². The SMILES string of the molecule is C=CCN1CC[C@]23c4c5ccc(O)c4O[C@H]2/C(=N/N=C2\CC[C@@]4(O)[C@H]6Cc7ccc(O)c8c7[C@@]4(CCN6CC=C)[C@H]2O8)CC[C@@]3(O)[C@H]1C5.Cl. The van der Waals surface area contributed by atoms with Crippen molar-refractivity contribution < 1.29 is 29.9 Å². The van der Waals surface area contributed by atoms with Crippen molar-refractivity contribution in [2.75, 3.05) is 26.2 Å². The van der Waals surface area contributed by atoms with Crippen LogP contribution >= 0.6 is 12.4 Å². The Bertz CT molecular complexity index is 1750. The summed E-state index contributed by atoms with van der Waals surface area (Å²) < 4.78 is 13.3. The first-order chi connectivity index (χ1) is 23.2. The molecule has 2 aromatic rings. The van der Waals surface area contributed by atoms with Crippen LogP contribution in [0, 0.1) is 0 Å². The molecule has 4 aliphatic carbocycles. The lowest BCUT2D eigenvalue weighted by molar-refractivity contribution is -0.164. The minimum atomic E-state index is -1.06. The fourth-order valence-corrected chi connectivity index (χ4v) is 12.0. The molecule has 11 heteroatoms. The smallest absolute Gasteiger partial charge is 0.166 e. The van der Waals surface area contributed by atoms with Gasteiger partial charge in [-0.25, -0.2) is 0 Å². The van der Waals surface area contributed by atoms with Crippen LogP contribution in [0.25, 0.3) is 0 Å². The summed E-state index contributed by atoms with van der Waals surface area (Å²) in [6, 6.07) is 7.18. The molecular formula is C38H43ClN4O6. The molecule has 2 saturated heterocycles. The van der Waals surface area contributed by atoms with Crippen molar-refractivity contribution in [3.63, 3.8) is 0 Å². The van der Waals surface area contributed by atoms with Gasteiger partial charge >= 0.3 is 0 Å². The molecule has 4 aliphatic heterocycles. The number of nitrogens with zero attached hydrogens (tertiary/aromatic N) is 4. The summed E-state index contributed by atoms with van der Waals surface area (Å²) in [4.78, 5) is 4.68. The molecule has 0 aromatic heterocycles. The zero-order valence-electron chi connectivity index (χ0n) is 27.5. The van der Waals surface area contributed by atoms with E-state index >= 15 is 0 Å². The third-order valence-electron chi connectivity index (χ3n) is 13.8. The van der Waals surface area contributed by atoms with Gasteiger partial charge in [0.1, 0.15) is 0 Å². The van der Waals surface area contributed by atoms with Gasteiger partial charge in [-0.1, -0.05) is 24.3 Å². The van der Waals surface area contributed by atoms with Crippen LogP contribution in [0.2, 0.25) is 0 Å². The lowest BCUT2D eigenvalue weighted by Gasteiger charge is -2.63. The Kier molecular flexibility index (Phi) is 6.65. The molecule has 8 aliphatic rings. The average molecular weight is 687 g/mol. The summed E-state index contributed by atoms with van der Waals surface area (Å²) in [6.45, 7) is 10.9. The van der Waals surface area contributed by atoms with Crippen LogP contribution in [-0.4, -0.2) is 103 Å². The number of hydrogen-bond donors (Lipinski definition) is 4. The van der Waals surface area contributed by atoms with Gasteiger partial charge in [-0.3, -0.25) is 9.80 Å². The normalized spacial score (nSPS) is 40.5. The fraction of sp³-hybridized carbons (Fsp3) is 0.526. The maximum Gasteiger partial charge on any atom is 0.166 e. The lowest BCUT2D eigenvalue weighted by atomic mass is 9.48. The molecule has 0 radical (unpaired) electrons. The van der Waals surface area contributed by atoms with Crippen molar-refractivity contribution in [3.8, 4) is 23.0 Å². The van der Waals surface area contributed by atoms with Gasteiger partial charge in [-0.2, -0.15) is 10.2 Å². The van der Waals surface area contributed by atoms with E-state index in [-0.39, 0.29) is 36.0 Å². The Hall–Kier alpha value is -3.41. The quantitative estimate of drug-likeness (QED) is 0.277. The minimum absolute atomic E-state index is 0. The van der Waals surface area contributed by atoms with Crippen LogP contribution in [0.3, 0.4) is 0 Å². The Labute approximate surface area is 291 Å². The third kappa shape index (κ3) is 3.52. The minimum Gasteiger partial charge on any atom is -0.504 e. The van der Waals surface area contributed by atoms with E-state index < -0.39 is 34.2 Å². The summed E-state index contributed by atoms with van der Waals surface area (Å²) in [5.74, 6) is 1.11. The van der Waals surface area contributed by atoms with Crippen molar-refractivity contribution in [2.24, 2.45) is 10.2 Å². The first kappa shape index (κ1) is 31.6. The molecule has 4 bridgehead atoms. The number of hydrogen-bond acceptors (Lipinski definition) is 10. The second-order valence-electron chi connectivity index (χ2n) is 15.4. The zero-order valence-corrected chi connectivity index (χ0v) is 28.3. The lowest BCUT2D eigenvalue weighted by Crippen LogP contribution is -2.76. The molecule has 10 nitrogen and oxygen atoms in total. The van der Waals surface area contributed by atoms with Gasteiger partial charge < -0.3 is 29.9 Å².